The van der Waals surface area contributed by atoms with Crippen molar-refractivity contribution in [3.63, 3.8) is 0 Å². The number of halogens is 2. The summed E-state index contributed by atoms with van der Waals surface area (Å²) in [7, 11) is 1.55. The molecule has 21 heavy (non-hydrogen) atoms. The highest BCUT2D eigenvalue weighted by Crippen LogP contribution is 2.35. The Balaban J connectivity index is 2.36. The molecule has 2 aromatic rings. The van der Waals surface area contributed by atoms with Crippen LogP contribution >= 0.6 is 27.5 Å². The molecule has 3 nitrogen and oxygen atoms in total. The van der Waals surface area contributed by atoms with E-state index in [4.69, 9.17) is 21.1 Å². The fourth-order valence-corrected chi connectivity index (χ4v) is 2.72. The molecule has 0 aliphatic rings. The van der Waals surface area contributed by atoms with Gasteiger partial charge in [-0.1, -0.05) is 23.7 Å². The predicted molar refractivity (Wildman–Crippen MR) is 87.4 cm³/mol. The molecular weight excluding hydrogens is 356 g/mol. The molecule has 0 saturated heterocycles. The van der Waals surface area contributed by atoms with Gasteiger partial charge in [-0.2, -0.15) is 0 Å². The van der Waals surface area contributed by atoms with Crippen LogP contribution in [0.3, 0.4) is 0 Å². The Morgan fingerprint density at radius 2 is 1.95 bits per heavy atom. The van der Waals surface area contributed by atoms with Crippen LogP contribution in [0.1, 0.15) is 24.2 Å². The van der Waals surface area contributed by atoms with Crippen LogP contribution in [0.15, 0.2) is 40.9 Å². The fraction of sp³-hybridized carbons (Fsp3) is 0.250. The van der Waals surface area contributed by atoms with Crippen molar-refractivity contribution in [1.82, 2.24) is 0 Å². The molecule has 0 bridgehead atoms. The molecule has 0 aromatic heterocycles. The molecule has 112 valence electrons. The van der Waals surface area contributed by atoms with Gasteiger partial charge >= 0.3 is 0 Å². The molecule has 0 radical (unpaired) electrons. The maximum absolute atomic E-state index is 10.6. The number of aliphatic hydroxyl groups is 1. The molecule has 2 aromatic carbocycles. The van der Waals surface area contributed by atoms with Crippen LogP contribution < -0.4 is 9.47 Å². The summed E-state index contributed by atoms with van der Waals surface area (Å²) in [5.74, 6) is 1.30. The van der Waals surface area contributed by atoms with Gasteiger partial charge in [-0.25, -0.2) is 0 Å². The van der Waals surface area contributed by atoms with E-state index in [9.17, 15) is 5.11 Å². The van der Waals surface area contributed by atoms with Crippen LogP contribution in [0, 0.1) is 0 Å². The van der Waals surface area contributed by atoms with Crippen molar-refractivity contribution in [2.45, 2.75) is 13.0 Å². The van der Waals surface area contributed by atoms with E-state index in [-0.39, 0.29) is 0 Å². The highest BCUT2D eigenvalue weighted by molar-refractivity contribution is 9.10. The number of benzene rings is 2. The topological polar surface area (TPSA) is 38.7 Å². The van der Waals surface area contributed by atoms with Crippen molar-refractivity contribution in [3.8, 4) is 11.5 Å². The lowest BCUT2D eigenvalue weighted by Crippen LogP contribution is -2.03. The summed E-state index contributed by atoms with van der Waals surface area (Å²) in [4.78, 5) is 0. The number of rotatable bonds is 5. The smallest absolute Gasteiger partial charge is 0.133 e. The SMILES string of the molecule is CCOc1ccc(C(O)c2ccc(Cl)cc2OC)cc1Br. The van der Waals surface area contributed by atoms with Gasteiger partial charge in [0.1, 0.15) is 17.6 Å². The van der Waals surface area contributed by atoms with E-state index in [0.29, 0.717) is 22.9 Å². The van der Waals surface area contributed by atoms with Crippen molar-refractivity contribution in [2.24, 2.45) is 0 Å². The maximum Gasteiger partial charge on any atom is 0.133 e. The van der Waals surface area contributed by atoms with Crippen molar-refractivity contribution < 1.29 is 14.6 Å². The Kier molecular flexibility index (Phi) is 5.51. The average Bonchev–Trinajstić information content (AvgIpc) is 2.48. The molecule has 1 atom stereocenters. The summed E-state index contributed by atoms with van der Waals surface area (Å²) in [6.07, 6.45) is -0.802. The second-order valence-electron chi connectivity index (χ2n) is 4.41. The molecule has 0 heterocycles. The van der Waals surface area contributed by atoms with E-state index in [1.54, 1.807) is 25.3 Å². The van der Waals surface area contributed by atoms with Crippen molar-refractivity contribution >= 4 is 27.5 Å². The van der Waals surface area contributed by atoms with E-state index in [0.717, 1.165) is 15.8 Å². The highest BCUT2D eigenvalue weighted by Gasteiger charge is 2.17. The van der Waals surface area contributed by atoms with Crippen LogP contribution in [0.5, 0.6) is 11.5 Å². The molecule has 0 spiro atoms. The minimum atomic E-state index is -0.802. The second kappa shape index (κ2) is 7.16. The molecule has 1 unspecified atom stereocenters. The lowest BCUT2D eigenvalue weighted by molar-refractivity contribution is 0.214. The number of ether oxygens (including phenoxy) is 2. The number of methoxy groups -OCH3 is 1. The van der Waals surface area contributed by atoms with Gasteiger partial charge in [-0.15, -0.1) is 0 Å². The summed E-state index contributed by atoms with van der Waals surface area (Å²) >= 11 is 9.39. The summed E-state index contributed by atoms with van der Waals surface area (Å²) in [6, 6.07) is 10.7. The first-order chi connectivity index (χ1) is 10.1. The lowest BCUT2D eigenvalue weighted by atomic mass is 10.0. The first-order valence-electron chi connectivity index (χ1n) is 6.50. The Morgan fingerprint density at radius 1 is 1.19 bits per heavy atom. The summed E-state index contributed by atoms with van der Waals surface area (Å²) in [6.45, 7) is 2.51. The zero-order valence-corrected chi connectivity index (χ0v) is 14.1. The van der Waals surface area contributed by atoms with Gasteiger partial charge in [-0.3, -0.25) is 0 Å². The molecule has 5 heteroatoms. The number of hydrogen-bond donors (Lipinski definition) is 1. The number of hydrogen-bond acceptors (Lipinski definition) is 3. The van der Waals surface area contributed by atoms with Crippen LogP contribution in [-0.4, -0.2) is 18.8 Å². The van der Waals surface area contributed by atoms with Gasteiger partial charge in [0.2, 0.25) is 0 Å². The first kappa shape index (κ1) is 16.1. The normalized spacial score (nSPS) is 12.0. The first-order valence-corrected chi connectivity index (χ1v) is 7.67. The minimum Gasteiger partial charge on any atom is -0.496 e. The van der Waals surface area contributed by atoms with Crippen LogP contribution in [0.2, 0.25) is 5.02 Å². The third-order valence-electron chi connectivity index (χ3n) is 3.06. The predicted octanol–water partition coefficient (Wildman–Crippen LogP) is 4.59. The van der Waals surface area contributed by atoms with Gasteiger partial charge in [0.15, 0.2) is 0 Å². The van der Waals surface area contributed by atoms with E-state index >= 15 is 0 Å². The van der Waals surface area contributed by atoms with Gasteiger partial charge < -0.3 is 14.6 Å². The fourth-order valence-electron chi connectivity index (χ4n) is 2.05. The number of aliphatic hydroxyl groups excluding tert-OH is 1. The maximum atomic E-state index is 10.6. The molecule has 0 saturated carbocycles. The summed E-state index contributed by atoms with van der Waals surface area (Å²) in [5.41, 5.74) is 1.41. The van der Waals surface area contributed by atoms with Crippen molar-refractivity contribution in [2.75, 3.05) is 13.7 Å². The Hall–Kier alpha value is -1.23. The van der Waals surface area contributed by atoms with Gasteiger partial charge in [-0.05, 0) is 52.7 Å². The standard InChI is InChI=1S/C16H16BrClO3/c1-3-21-14-7-4-10(8-13(14)17)16(19)12-6-5-11(18)9-15(12)20-2/h4-9,16,19H,3H2,1-2H3. The molecule has 0 aliphatic heterocycles. The van der Waals surface area contributed by atoms with E-state index in [2.05, 4.69) is 15.9 Å². The van der Waals surface area contributed by atoms with Crippen LogP contribution in [-0.2, 0) is 0 Å². The molecule has 0 amide bonds. The summed E-state index contributed by atoms with van der Waals surface area (Å²) < 4.78 is 11.5. The zero-order valence-electron chi connectivity index (χ0n) is 11.8. The Morgan fingerprint density at radius 3 is 2.57 bits per heavy atom. The van der Waals surface area contributed by atoms with Crippen LogP contribution in [0.25, 0.3) is 0 Å². The van der Waals surface area contributed by atoms with Crippen molar-refractivity contribution in [1.29, 1.82) is 0 Å². The van der Waals surface area contributed by atoms with Gasteiger partial charge in [0.25, 0.3) is 0 Å². The van der Waals surface area contributed by atoms with Crippen LogP contribution in [0.4, 0.5) is 0 Å². The van der Waals surface area contributed by atoms with Gasteiger partial charge in [0, 0.05) is 10.6 Å². The Labute approximate surface area is 137 Å². The highest BCUT2D eigenvalue weighted by atomic mass is 79.9. The third-order valence-corrected chi connectivity index (χ3v) is 3.92. The largest absolute Gasteiger partial charge is 0.496 e. The molecule has 1 N–H and O–H groups in total. The second-order valence-corrected chi connectivity index (χ2v) is 5.70. The lowest BCUT2D eigenvalue weighted by Gasteiger charge is -2.16. The van der Waals surface area contributed by atoms with E-state index in [1.165, 1.54) is 0 Å². The monoisotopic (exact) mass is 370 g/mol. The van der Waals surface area contributed by atoms with E-state index in [1.807, 2.05) is 25.1 Å². The molecule has 0 aliphatic carbocycles. The molecule has 0 fully saturated rings. The van der Waals surface area contributed by atoms with Gasteiger partial charge in [0.05, 0.1) is 18.2 Å². The zero-order chi connectivity index (χ0) is 15.4. The molecular formula is C16H16BrClO3. The molecule has 2 rings (SSSR count). The van der Waals surface area contributed by atoms with Crippen molar-refractivity contribution in [3.05, 3.63) is 57.0 Å². The Bertz CT molecular complexity index is 631. The third kappa shape index (κ3) is 3.70. The van der Waals surface area contributed by atoms with E-state index < -0.39 is 6.10 Å². The quantitative estimate of drug-likeness (QED) is 0.835. The minimum absolute atomic E-state index is 0.556. The summed E-state index contributed by atoms with van der Waals surface area (Å²) in [5, 5.41) is 11.1. The average molecular weight is 372 g/mol.